The maximum atomic E-state index is 12.0. The van der Waals surface area contributed by atoms with Gasteiger partial charge < -0.3 is 15.3 Å². The normalized spacial score (nSPS) is 20.3. The van der Waals surface area contributed by atoms with Crippen LogP contribution in [-0.2, 0) is 4.79 Å². The number of rotatable bonds is 4. The van der Waals surface area contributed by atoms with Gasteiger partial charge >= 0.3 is 6.09 Å². The smallest absolute Gasteiger partial charge is 0.405 e. The van der Waals surface area contributed by atoms with Gasteiger partial charge in [-0.2, -0.15) is 0 Å². The highest BCUT2D eigenvalue weighted by Crippen LogP contribution is 2.21. The molecule has 18 heavy (non-hydrogen) atoms. The van der Waals surface area contributed by atoms with Gasteiger partial charge in [0.2, 0.25) is 5.91 Å². The molecule has 0 bridgehead atoms. The molecular weight excluding hydrogens is 349 g/mol. The van der Waals surface area contributed by atoms with E-state index in [0.717, 1.165) is 12.8 Å². The Hall–Kier alpha value is -0.570. The summed E-state index contributed by atoms with van der Waals surface area (Å²) < 4.78 is 3.20. The second kappa shape index (κ2) is 7.13. The summed E-state index contributed by atoms with van der Waals surface area (Å²) in [5.41, 5.74) is 0. The SMILES string of the molecule is CC(NI)C1CCN(C(=O)[C@H](C)NC(=O)O)CC1. The standard InChI is InChI=1S/C11H20IN3O3/c1-7(14-12)9-3-5-15(6-4-9)10(16)8(2)13-11(17)18/h7-9,13-14H,3-6H2,1-2H3,(H,17,18)/t7?,8-/m0/s1. The van der Waals surface area contributed by atoms with Gasteiger partial charge in [-0.3, -0.25) is 8.32 Å². The number of carboxylic acid groups (broad SMARTS) is 1. The minimum atomic E-state index is -1.16. The molecule has 6 nitrogen and oxygen atoms in total. The molecule has 0 radical (unpaired) electrons. The third-order valence-corrected chi connectivity index (χ3v) is 4.42. The average molecular weight is 369 g/mol. The predicted molar refractivity (Wildman–Crippen MR) is 76.5 cm³/mol. The minimum absolute atomic E-state index is 0.133. The summed E-state index contributed by atoms with van der Waals surface area (Å²) in [6.07, 6.45) is 0.763. The molecule has 0 aliphatic carbocycles. The molecule has 1 aliphatic heterocycles. The first kappa shape index (κ1) is 15.5. The second-order valence-corrected chi connectivity index (χ2v) is 5.35. The van der Waals surface area contributed by atoms with E-state index in [0.29, 0.717) is 25.0 Å². The van der Waals surface area contributed by atoms with E-state index in [1.54, 1.807) is 11.8 Å². The molecule has 0 saturated carbocycles. The van der Waals surface area contributed by atoms with Crippen LogP contribution in [0, 0.1) is 5.92 Å². The fraction of sp³-hybridized carbons (Fsp3) is 0.818. The molecule has 0 spiro atoms. The van der Waals surface area contributed by atoms with Crippen LogP contribution in [0.4, 0.5) is 4.79 Å². The van der Waals surface area contributed by atoms with E-state index < -0.39 is 12.1 Å². The summed E-state index contributed by atoms with van der Waals surface area (Å²) in [5.74, 6) is 0.444. The number of halogens is 1. The number of carbonyl (C=O) groups excluding carboxylic acids is 1. The molecule has 104 valence electrons. The first-order valence-corrected chi connectivity index (χ1v) is 7.18. The zero-order valence-electron chi connectivity index (χ0n) is 10.6. The minimum Gasteiger partial charge on any atom is -0.465 e. The number of hydrogen-bond donors (Lipinski definition) is 3. The van der Waals surface area contributed by atoms with E-state index in [-0.39, 0.29) is 5.91 Å². The number of hydrogen-bond acceptors (Lipinski definition) is 3. The zero-order chi connectivity index (χ0) is 13.7. The van der Waals surface area contributed by atoms with Crippen molar-refractivity contribution in [2.45, 2.75) is 38.8 Å². The highest BCUT2D eigenvalue weighted by molar-refractivity contribution is 14.1. The van der Waals surface area contributed by atoms with E-state index in [4.69, 9.17) is 5.11 Å². The Bertz CT molecular complexity index is 306. The van der Waals surface area contributed by atoms with Crippen LogP contribution in [0.3, 0.4) is 0 Å². The molecule has 3 N–H and O–H groups in total. The molecular formula is C11H20IN3O3. The van der Waals surface area contributed by atoms with Gasteiger partial charge in [-0.05, 0) is 32.6 Å². The van der Waals surface area contributed by atoms with E-state index in [2.05, 4.69) is 38.6 Å². The lowest BCUT2D eigenvalue weighted by molar-refractivity contribution is -0.134. The van der Waals surface area contributed by atoms with Gasteiger partial charge in [0.15, 0.2) is 0 Å². The first-order chi connectivity index (χ1) is 8.45. The maximum Gasteiger partial charge on any atom is 0.405 e. The fourth-order valence-electron chi connectivity index (χ4n) is 2.23. The lowest BCUT2D eigenvalue weighted by Gasteiger charge is -2.35. The van der Waals surface area contributed by atoms with Crippen LogP contribution in [0.2, 0.25) is 0 Å². The molecule has 0 aromatic carbocycles. The van der Waals surface area contributed by atoms with E-state index in [1.807, 2.05) is 0 Å². The first-order valence-electron chi connectivity index (χ1n) is 6.10. The third kappa shape index (κ3) is 4.27. The van der Waals surface area contributed by atoms with Crippen molar-refractivity contribution in [3.8, 4) is 0 Å². The van der Waals surface area contributed by atoms with Gasteiger partial charge in [0.05, 0.1) is 0 Å². The molecule has 1 fully saturated rings. The lowest BCUT2D eigenvalue weighted by Crippen LogP contribution is -2.50. The van der Waals surface area contributed by atoms with Gasteiger partial charge in [0.25, 0.3) is 0 Å². The van der Waals surface area contributed by atoms with Crippen LogP contribution >= 0.6 is 22.9 Å². The molecule has 1 aliphatic rings. The Morgan fingerprint density at radius 1 is 1.33 bits per heavy atom. The maximum absolute atomic E-state index is 12.0. The summed E-state index contributed by atoms with van der Waals surface area (Å²) in [6.45, 7) is 5.14. The highest BCUT2D eigenvalue weighted by Gasteiger charge is 2.28. The number of piperidine rings is 1. The topological polar surface area (TPSA) is 81.7 Å². The highest BCUT2D eigenvalue weighted by atomic mass is 127. The van der Waals surface area contributed by atoms with Crippen LogP contribution in [0.15, 0.2) is 0 Å². The van der Waals surface area contributed by atoms with Gasteiger partial charge in [-0.15, -0.1) is 0 Å². The van der Waals surface area contributed by atoms with Crippen LogP contribution < -0.4 is 8.85 Å². The molecule has 7 heteroatoms. The Labute approximate surface area is 121 Å². The van der Waals surface area contributed by atoms with E-state index in [9.17, 15) is 9.59 Å². The van der Waals surface area contributed by atoms with Gasteiger partial charge in [0, 0.05) is 42.0 Å². The predicted octanol–water partition coefficient (Wildman–Crippen LogP) is 1.21. The van der Waals surface area contributed by atoms with E-state index >= 15 is 0 Å². The molecule has 0 aromatic heterocycles. The van der Waals surface area contributed by atoms with E-state index in [1.165, 1.54) is 0 Å². The third-order valence-electron chi connectivity index (χ3n) is 3.44. The summed E-state index contributed by atoms with van der Waals surface area (Å²) in [6, 6.07) is -0.225. The average Bonchev–Trinajstić information content (AvgIpc) is 2.36. The van der Waals surface area contributed by atoms with Gasteiger partial charge in [-0.25, -0.2) is 4.79 Å². The summed E-state index contributed by atoms with van der Waals surface area (Å²) in [5, 5.41) is 10.8. The molecule has 1 saturated heterocycles. The number of likely N-dealkylation sites (tertiary alicyclic amines) is 1. The Kier molecular flexibility index (Phi) is 6.13. The van der Waals surface area contributed by atoms with Crippen LogP contribution in [0.5, 0.6) is 0 Å². The molecule has 0 aromatic rings. The van der Waals surface area contributed by atoms with Crippen molar-refractivity contribution in [3.63, 3.8) is 0 Å². The quantitative estimate of drug-likeness (QED) is 0.514. The molecule has 1 heterocycles. The van der Waals surface area contributed by atoms with Crippen molar-refractivity contribution in [2.75, 3.05) is 13.1 Å². The fourth-order valence-corrected chi connectivity index (χ4v) is 2.74. The lowest BCUT2D eigenvalue weighted by atomic mass is 9.91. The van der Waals surface area contributed by atoms with Crippen LogP contribution in [0.25, 0.3) is 0 Å². The summed E-state index contributed by atoms with van der Waals surface area (Å²) >= 11 is 2.15. The van der Waals surface area contributed by atoms with Crippen molar-refractivity contribution in [2.24, 2.45) is 5.92 Å². The Morgan fingerprint density at radius 3 is 2.33 bits per heavy atom. The van der Waals surface area contributed by atoms with Crippen LogP contribution in [0.1, 0.15) is 26.7 Å². The second-order valence-electron chi connectivity index (χ2n) is 4.73. The Morgan fingerprint density at radius 2 is 1.89 bits per heavy atom. The largest absolute Gasteiger partial charge is 0.465 e. The number of nitrogens with zero attached hydrogens (tertiary/aromatic N) is 1. The van der Waals surface area contributed by atoms with Crippen molar-refractivity contribution >= 4 is 34.9 Å². The van der Waals surface area contributed by atoms with Crippen molar-refractivity contribution in [1.82, 2.24) is 13.7 Å². The molecule has 2 amide bonds. The Balaban J connectivity index is 2.42. The van der Waals surface area contributed by atoms with Crippen LogP contribution in [-0.4, -0.2) is 47.2 Å². The molecule has 2 atom stereocenters. The van der Waals surface area contributed by atoms with Crippen molar-refractivity contribution in [3.05, 3.63) is 0 Å². The number of carbonyl (C=O) groups is 2. The summed E-state index contributed by atoms with van der Waals surface area (Å²) in [4.78, 5) is 24.2. The zero-order valence-corrected chi connectivity index (χ0v) is 12.8. The summed E-state index contributed by atoms with van der Waals surface area (Å²) in [7, 11) is 0. The number of amides is 2. The van der Waals surface area contributed by atoms with Gasteiger partial charge in [0.1, 0.15) is 6.04 Å². The number of nitrogens with one attached hydrogen (secondary N) is 2. The van der Waals surface area contributed by atoms with Crippen molar-refractivity contribution in [1.29, 1.82) is 0 Å². The van der Waals surface area contributed by atoms with Crippen molar-refractivity contribution < 1.29 is 14.7 Å². The monoisotopic (exact) mass is 369 g/mol. The van der Waals surface area contributed by atoms with Gasteiger partial charge in [-0.1, -0.05) is 0 Å². The molecule has 1 rings (SSSR count). The molecule has 1 unspecified atom stereocenters.